The lowest BCUT2D eigenvalue weighted by atomic mass is 9.89. The molecule has 1 aliphatic heterocycles. The van der Waals surface area contributed by atoms with Crippen molar-refractivity contribution < 1.29 is 24.9 Å². The van der Waals surface area contributed by atoms with Crippen molar-refractivity contribution in [2.75, 3.05) is 6.61 Å². The Hall–Kier alpha value is -2.69. The van der Waals surface area contributed by atoms with E-state index in [1.54, 1.807) is 12.1 Å². The fraction of sp³-hybridized carbons (Fsp3) is 0.133. The van der Waals surface area contributed by atoms with E-state index in [2.05, 4.69) is 0 Å². The standard InChI is InChI=1S/C15H12O5/c16-9-3-1-8(2-4-9)11-7-20-14-6-13(18)12(17)5-10(14)15(11)19/h1-6,11,16-18H,7H2. The summed E-state index contributed by atoms with van der Waals surface area (Å²) in [5, 5.41) is 28.2. The number of ketones is 1. The molecule has 3 N–H and O–H groups in total. The Morgan fingerprint density at radius 1 is 1.00 bits per heavy atom. The molecule has 0 aliphatic carbocycles. The van der Waals surface area contributed by atoms with Crippen molar-refractivity contribution in [1.29, 1.82) is 0 Å². The molecule has 102 valence electrons. The maximum Gasteiger partial charge on any atom is 0.177 e. The number of phenolic OH excluding ortho intramolecular Hbond substituents is 3. The van der Waals surface area contributed by atoms with Gasteiger partial charge in [0, 0.05) is 6.07 Å². The molecule has 0 saturated carbocycles. The second kappa shape index (κ2) is 4.45. The van der Waals surface area contributed by atoms with Crippen molar-refractivity contribution in [3.63, 3.8) is 0 Å². The minimum Gasteiger partial charge on any atom is -0.508 e. The maximum absolute atomic E-state index is 12.4. The summed E-state index contributed by atoms with van der Waals surface area (Å²) in [6.45, 7) is 0.154. The van der Waals surface area contributed by atoms with Gasteiger partial charge < -0.3 is 20.1 Å². The smallest absolute Gasteiger partial charge is 0.177 e. The number of phenols is 3. The first-order valence-electron chi connectivity index (χ1n) is 6.08. The Morgan fingerprint density at radius 3 is 2.35 bits per heavy atom. The second-order valence-electron chi connectivity index (χ2n) is 4.66. The monoisotopic (exact) mass is 272 g/mol. The number of rotatable bonds is 1. The average Bonchev–Trinajstić information content (AvgIpc) is 2.43. The first kappa shape index (κ1) is 12.3. The van der Waals surface area contributed by atoms with Gasteiger partial charge >= 0.3 is 0 Å². The summed E-state index contributed by atoms with van der Waals surface area (Å²) >= 11 is 0. The Bertz CT molecular complexity index is 675. The number of carbonyl (C=O) groups excluding carboxylic acids is 1. The first-order valence-corrected chi connectivity index (χ1v) is 6.08. The lowest BCUT2D eigenvalue weighted by Crippen LogP contribution is -2.25. The van der Waals surface area contributed by atoms with Crippen LogP contribution in [0.15, 0.2) is 36.4 Å². The Morgan fingerprint density at radius 2 is 1.65 bits per heavy atom. The van der Waals surface area contributed by atoms with Crippen molar-refractivity contribution in [2.24, 2.45) is 0 Å². The molecule has 0 saturated heterocycles. The zero-order valence-corrected chi connectivity index (χ0v) is 10.4. The molecular formula is C15H12O5. The van der Waals surface area contributed by atoms with E-state index in [1.807, 2.05) is 0 Å². The highest BCUT2D eigenvalue weighted by Crippen LogP contribution is 2.39. The summed E-state index contributed by atoms with van der Waals surface area (Å²) in [4.78, 5) is 12.4. The van der Waals surface area contributed by atoms with E-state index in [9.17, 15) is 20.1 Å². The van der Waals surface area contributed by atoms with Gasteiger partial charge in [-0.1, -0.05) is 12.1 Å². The number of carbonyl (C=O) groups is 1. The summed E-state index contributed by atoms with van der Waals surface area (Å²) in [6.07, 6.45) is 0. The first-order chi connectivity index (χ1) is 9.56. The van der Waals surface area contributed by atoms with Crippen molar-refractivity contribution in [3.8, 4) is 23.0 Å². The van der Waals surface area contributed by atoms with Gasteiger partial charge in [-0.05, 0) is 23.8 Å². The molecule has 0 radical (unpaired) electrons. The maximum atomic E-state index is 12.4. The number of Topliss-reactive ketones (excluding diaryl/α,β-unsaturated/α-hetero) is 1. The second-order valence-corrected chi connectivity index (χ2v) is 4.66. The molecule has 1 aliphatic rings. The lowest BCUT2D eigenvalue weighted by Gasteiger charge is -2.24. The molecule has 20 heavy (non-hydrogen) atoms. The van der Waals surface area contributed by atoms with Gasteiger partial charge in [0.05, 0.1) is 11.5 Å². The van der Waals surface area contributed by atoms with Crippen LogP contribution in [-0.4, -0.2) is 27.7 Å². The van der Waals surface area contributed by atoms with Gasteiger partial charge in [-0.15, -0.1) is 0 Å². The van der Waals surface area contributed by atoms with Gasteiger partial charge in [0.25, 0.3) is 0 Å². The normalized spacial score (nSPS) is 17.4. The molecule has 2 aromatic rings. The van der Waals surface area contributed by atoms with E-state index >= 15 is 0 Å². The molecule has 0 spiro atoms. The lowest BCUT2D eigenvalue weighted by molar-refractivity contribution is 0.0895. The van der Waals surface area contributed by atoms with Crippen molar-refractivity contribution in [1.82, 2.24) is 0 Å². The number of aromatic hydroxyl groups is 3. The summed E-state index contributed by atoms with van der Waals surface area (Å²) < 4.78 is 5.47. The van der Waals surface area contributed by atoms with E-state index < -0.39 is 5.92 Å². The van der Waals surface area contributed by atoms with Crippen LogP contribution in [0.5, 0.6) is 23.0 Å². The van der Waals surface area contributed by atoms with Crippen molar-refractivity contribution in [3.05, 3.63) is 47.5 Å². The highest BCUT2D eigenvalue weighted by Gasteiger charge is 2.31. The highest BCUT2D eigenvalue weighted by atomic mass is 16.5. The van der Waals surface area contributed by atoms with Crippen LogP contribution in [0.1, 0.15) is 21.8 Å². The predicted molar refractivity (Wildman–Crippen MR) is 70.4 cm³/mol. The molecule has 3 rings (SSSR count). The van der Waals surface area contributed by atoms with Crippen LogP contribution < -0.4 is 4.74 Å². The predicted octanol–water partition coefficient (Wildman–Crippen LogP) is 2.16. The average molecular weight is 272 g/mol. The number of hydrogen-bond donors (Lipinski definition) is 3. The van der Waals surface area contributed by atoms with Crippen LogP contribution in [0.3, 0.4) is 0 Å². The molecule has 1 heterocycles. The summed E-state index contributed by atoms with van der Waals surface area (Å²) in [6, 6.07) is 8.77. The summed E-state index contributed by atoms with van der Waals surface area (Å²) in [5.41, 5.74) is 0.968. The molecule has 0 fully saturated rings. The number of ether oxygens (including phenoxy) is 1. The van der Waals surface area contributed by atoms with E-state index in [1.165, 1.54) is 24.3 Å². The van der Waals surface area contributed by atoms with Crippen LogP contribution in [0.25, 0.3) is 0 Å². The zero-order valence-electron chi connectivity index (χ0n) is 10.4. The molecule has 2 aromatic carbocycles. The largest absolute Gasteiger partial charge is 0.508 e. The molecular weight excluding hydrogens is 260 g/mol. The van der Waals surface area contributed by atoms with E-state index in [4.69, 9.17) is 4.74 Å². The van der Waals surface area contributed by atoms with E-state index in [-0.39, 0.29) is 41.0 Å². The molecule has 5 heteroatoms. The highest BCUT2D eigenvalue weighted by molar-refractivity contribution is 6.04. The number of benzene rings is 2. The van der Waals surface area contributed by atoms with Crippen LogP contribution in [-0.2, 0) is 0 Å². The van der Waals surface area contributed by atoms with E-state index in [0.29, 0.717) is 0 Å². The topological polar surface area (TPSA) is 87.0 Å². The third kappa shape index (κ3) is 1.93. The molecule has 0 aromatic heterocycles. The van der Waals surface area contributed by atoms with Gasteiger partial charge in [-0.25, -0.2) is 0 Å². The molecule has 1 atom stereocenters. The number of hydrogen-bond acceptors (Lipinski definition) is 5. The van der Waals surface area contributed by atoms with Crippen LogP contribution in [0.4, 0.5) is 0 Å². The zero-order chi connectivity index (χ0) is 14.3. The van der Waals surface area contributed by atoms with Gasteiger partial charge in [0.15, 0.2) is 17.3 Å². The van der Waals surface area contributed by atoms with Gasteiger partial charge in [0.2, 0.25) is 0 Å². The minimum absolute atomic E-state index is 0.126. The minimum atomic E-state index is -0.493. The Kier molecular flexibility index (Phi) is 2.75. The SMILES string of the molecule is O=C1c2cc(O)c(O)cc2OCC1c1ccc(O)cc1. The van der Waals surface area contributed by atoms with E-state index in [0.717, 1.165) is 5.56 Å². The molecule has 5 nitrogen and oxygen atoms in total. The van der Waals surface area contributed by atoms with Crippen LogP contribution >= 0.6 is 0 Å². The van der Waals surface area contributed by atoms with Crippen molar-refractivity contribution in [2.45, 2.75) is 5.92 Å². The Labute approximate surface area is 114 Å². The molecule has 0 bridgehead atoms. The summed E-state index contributed by atoms with van der Waals surface area (Å²) in [5.74, 6) is -0.966. The van der Waals surface area contributed by atoms with Gasteiger partial charge in [0.1, 0.15) is 18.1 Å². The molecule has 0 amide bonds. The van der Waals surface area contributed by atoms with Crippen LogP contribution in [0.2, 0.25) is 0 Å². The van der Waals surface area contributed by atoms with Crippen molar-refractivity contribution >= 4 is 5.78 Å². The van der Waals surface area contributed by atoms with Gasteiger partial charge in [-0.3, -0.25) is 4.79 Å². The third-order valence-electron chi connectivity index (χ3n) is 3.36. The fourth-order valence-electron chi connectivity index (χ4n) is 2.26. The quantitative estimate of drug-likeness (QED) is 0.692. The molecule has 1 unspecified atom stereocenters. The number of fused-ring (bicyclic) bond motifs is 1. The third-order valence-corrected chi connectivity index (χ3v) is 3.36. The summed E-state index contributed by atoms with van der Waals surface area (Å²) in [7, 11) is 0. The van der Waals surface area contributed by atoms with Crippen LogP contribution in [0, 0.1) is 0 Å². The Balaban J connectivity index is 2.00. The fourth-order valence-corrected chi connectivity index (χ4v) is 2.26. The van der Waals surface area contributed by atoms with Gasteiger partial charge in [-0.2, -0.15) is 0 Å².